The Morgan fingerprint density at radius 2 is 2.03 bits per heavy atom. The van der Waals surface area contributed by atoms with Crippen molar-refractivity contribution in [2.75, 3.05) is 31.6 Å². The van der Waals surface area contributed by atoms with Gasteiger partial charge in [0.05, 0.1) is 25.9 Å². The predicted octanol–water partition coefficient (Wildman–Crippen LogP) is -4.29. The molecule has 178 valence electrons. The van der Waals surface area contributed by atoms with Crippen molar-refractivity contribution >= 4 is 34.8 Å². The number of epoxide rings is 1. The third kappa shape index (κ3) is 4.10. The average Bonchev–Trinajstić information content (AvgIpc) is 3.48. The summed E-state index contributed by atoms with van der Waals surface area (Å²) in [6.07, 6.45) is -2.92. The second-order valence-corrected chi connectivity index (χ2v) is 7.35. The number of imide groups is 1. The van der Waals surface area contributed by atoms with E-state index in [1.165, 1.54) is 0 Å². The number of aliphatic hydroxyl groups is 3. The molecule has 2 aliphatic heterocycles. The number of aliphatic hydroxyl groups excluding tert-OH is 3. The van der Waals surface area contributed by atoms with Crippen molar-refractivity contribution in [3.63, 3.8) is 0 Å². The standard InChI is InChI=1S/C17H22N8O8/c18-1-9(27)23-15(30)17(12(29)11(28)8(3-26)33-17)25-6-22-10-13(20-5-21-14(10)25)24-16(31)19-2-7-4-32-7/h5-8,11-12,26,28-29H,1-4,18H2,(H,23,27,30)(H2,19,20,21,24,31)/t7?,8-,11-,12-,17+/m1/s1. The lowest BCUT2D eigenvalue weighted by atomic mass is 10.0. The number of ether oxygens (including phenoxy) is 2. The second kappa shape index (κ2) is 8.93. The number of hydrogen-bond donors (Lipinski definition) is 7. The highest BCUT2D eigenvalue weighted by atomic mass is 16.6. The van der Waals surface area contributed by atoms with Gasteiger partial charge in [-0.05, 0) is 0 Å². The van der Waals surface area contributed by atoms with E-state index in [-0.39, 0.29) is 23.1 Å². The van der Waals surface area contributed by atoms with Crippen LogP contribution in [0.25, 0.3) is 11.2 Å². The molecule has 2 aromatic heterocycles. The number of carbonyl (C=O) groups excluding carboxylic acids is 3. The van der Waals surface area contributed by atoms with Gasteiger partial charge in [-0.2, -0.15) is 0 Å². The minimum absolute atomic E-state index is 0.0189. The zero-order chi connectivity index (χ0) is 23.8. The molecule has 0 saturated carbocycles. The minimum Gasteiger partial charge on any atom is -0.394 e. The van der Waals surface area contributed by atoms with Crippen molar-refractivity contribution in [1.82, 2.24) is 30.2 Å². The van der Waals surface area contributed by atoms with E-state index in [0.29, 0.717) is 13.2 Å². The number of nitrogens with one attached hydrogen (secondary N) is 3. The Bertz CT molecular complexity index is 1070. The number of fused-ring (bicyclic) bond motifs is 1. The molecule has 2 fully saturated rings. The van der Waals surface area contributed by atoms with Crippen molar-refractivity contribution in [3.05, 3.63) is 12.7 Å². The second-order valence-electron chi connectivity index (χ2n) is 7.35. The molecule has 4 heterocycles. The van der Waals surface area contributed by atoms with Gasteiger partial charge in [0.2, 0.25) is 5.91 Å². The molecule has 33 heavy (non-hydrogen) atoms. The van der Waals surface area contributed by atoms with E-state index in [9.17, 15) is 29.7 Å². The van der Waals surface area contributed by atoms with Gasteiger partial charge in [0.15, 0.2) is 17.0 Å². The van der Waals surface area contributed by atoms with Crippen LogP contribution in [0.4, 0.5) is 10.6 Å². The maximum absolute atomic E-state index is 13.1. The third-order valence-electron chi connectivity index (χ3n) is 5.20. The van der Waals surface area contributed by atoms with Gasteiger partial charge < -0.3 is 35.8 Å². The summed E-state index contributed by atoms with van der Waals surface area (Å²) in [5.74, 6) is -2.07. The van der Waals surface area contributed by atoms with Crippen LogP contribution in [0.2, 0.25) is 0 Å². The third-order valence-corrected chi connectivity index (χ3v) is 5.20. The molecule has 0 aliphatic carbocycles. The Kier molecular flexibility index (Phi) is 6.19. The summed E-state index contributed by atoms with van der Waals surface area (Å²) in [5, 5.41) is 37.7. The summed E-state index contributed by atoms with van der Waals surface area (Å²) in [6, 6.07) is -0.589. The smallest absolute Gasteiger partial charge is 0.320 e. The lowest BCUT2D eigenvalue weighted by Crippen LogP contribution is -2.58. The first kappa shape index (κ1) is 22.9. The highest BCUT2D eigenvalue weighted by molar-refractivity contribution is 6.01. The number of nitrogens with zero attached hydrogens (tertiary/aromatic N) is 4. The summed E-state index contributed by atoms with van der Waals surface area (Å²) >= 11 is 0. The minimum atomic E-state index is -2.44. The van der Waals surface area contributed by atoms with Crippen molar-refractivity contribution in [2.45, 2.75) is 30.1 Å². The van der Waals surface area contributed by atoms with Crippen molar-refractivity contribution < 1.29 is 39.2 Å². The largest absolute Gasteiger partial charge is 0.394 e. The summed E-state index contributed by atoms with van der Waals surface area (Å²) in [7, 11) is 0. The lowest BCUT2D eigenvalue weighted by Gasteiger charge is -2.31. The summed E-state index contributed by atoms with van der Waals surface area (Å²) in [6.45, 7) is -0.418. The fraction of sp³-hybridized carbons (Fsp3) is 0.529. The molecule has 8 N–H and O–H groups in total. The van der Waals surface area contributed by atoms with E-state index in [0.717, 1.165) is 17.2 Å². The Morgan fingerprint density at radius 3 is 2.67 bits per heavy atom. The fourth-order valence-corrected chi connectivity index (χ4v) is 3.43. The highest BCUT2D eigenvalue weighted by Gasteiger charge is 2.61. The number of carbonyl (C=O) groups is 3. The van der Waals surface area contributed by atoms with Crippen LogP contribution in [-0.2, 0) is 24.8 Å². The molecule has 16 nitrogen and oxygen atoms in total. The Morgan fingerprint density at radius 1 is 1.27 bits per heavy atom. The molecule has 0 aromatic carbocycles. The molecule has 1 unspecified atom stereocenters. The van der Waals surface area contributed by atoms with E-state index in [2.05, 4.69) is 25.6 Å². The van der Waals surface area contributed by atoms with E-state index in [1.807, 2.05) is 5.32 Å². The molecule has 16 heteroatoms. The van der Waals surface area contributed by atoms with Crippen LogP contribution >= 0.6 is 0 Å². The van der Waals surface area contributed by atoms with Gasteiger partial charge in [-0.3, -0.25) is 24.8 Å². The lowest BCUT2D eigenvalue weighted by molar-refractivity contribution is -0.177. The molecule has 0 radical (unpaired) electrons. The SMILES string of the molecule is NCC(=O)NC(=O)[C@@]1(n2cnc3c(NC(=O)NCC4CO4)ncnc32)O[C@H](CO)[C@@H](O)[C@H]1O. The van der Waals surface area contributed by atoms with Gasteiger partial charge in [-0.1, -0.05) is 0 Å². The number of rotatable bonds is 7. The molecule has 4 rings (SSSR count). The zero-order valence-corrected chi connectivity index (χ0v) is 17.0. The number of amides is 4. The van der Waals surface area contributed by atoms with Crippen LogP contribution < -0.4 is 21.7 Å². The number of nitrogens with two attached hydrogens (primary N) is 1. The monoisotopic (exact) mass is 466 g/mol. The predicted molar refractivity (Wildman–Crippen MR) is 106 cm³/mol. The first-order chi connectivity index (χ1) is 15.8. The molecule has 2 saturated heterocycles. The Labute approximate surface area is 185 Å². The maximum Gasteiger partial charge on any atom is 0.320 e. The normalized spacial score (nSPS) is 28.5. The molecule has 5 atom stereocenters. The van der Waals surface area contributed by atoms with Crippen molar-refractivity contribution in [1.29, 1.82) is 0 Å². The van der Waals surface area contributed by atoms with Gasteiger partial charge in [0.25, 0.3) is 11.6 Å². The van der Waals surface area contributed by atoms with Crippen LogP contribution in [0, 0.1) is 0 Å². The molecule has 2 aromatic rings. The van der Waals surface area contributed by atoms with E-state index < -0.39 is 55.0 Å². The van der Waals surface area contributed by atoms with Crippen LogP contribution in [0.5, 0.6) is 0 Å². The number of aromatic nitrogens is 4. The summed E-state index contributed by atoms with van der Waals surface area (Å²) in [4.78, 5) is 49.1. The van der Waals surface area contributed by atoms with Crippen LogP contribution in [0.1, 0.15) is 0 Å². The topological polar surface area (TPSA) is 239 Å². The average molecular weight is 466 g/mol. The van der Waals surface area contributed by atoms with Gasteiger partial charge in [0.1, 0.15) is 31.0 Å². The van der Waals surface area contributed by atoms with Crippen molar-refractivity contribution in [2.24, 2.45) is 5.73 Å². The van der Waals surface area contributed by atoms with Gasteiger partial charge in [-0.25, -0.2) is 19.7 Å². The van der Waals surface area contributed by atoms with E-state index in [1.54, 1.807) is 0 Å². The van der Waals surface area contributed by atoms with E-state index >= 15 is 0 Å². The quantitative estimate of drug-likeness (QED) is 0.192. The highest BCUT2D eigenvalue weighted by Crippen LogP contribution is 2.38. The van der Waals surface area contributed by atoms with Crippen LogP contribution in [-0.4, -0.2) is 103 Å². The van der Waals surface area contributed by atoms with Gasteiger partial charge >= 0.3 is 6.03 Å². The van der Waals surface area contributed by atoms with Crippen LogP contribution in [0.15, 0.2) is 12.7 Å². The molecule has 2 aliphatic rings. The number of imidazole rings is 1. The van der Waals surface area contributed by atoms with Crippen molar-refractivity contribution in [3.8, 4) is 0 Å². The maximum atomic E-state index is 13.1. The first-order valence-corrected chi connectivity index (χ1v) is 9.86. The molecule has 4 amide bonds. The first-order valence-electron chi connectivity index (χ1n) is 9.86. The fourth-order valence-electron chi connectivity index (χ4n) is 3.43. The molecular weight excluding hydrogens is 444 g/mol. The number of hydrogen-bond acceptors (Lipinski definition) is 12. The van der Waals surface area contributed by atoms with Gasteiger partial charge in [0, 0.05) is 6.54 Å². The number of anilines is 1. The molecular formula is C17H22N8O8. The van der Waals surface area contributed by atoms with Crippen LogP contribution in [0.3, 0.4) is 0 Å². The van der Waals surface area contributed by atoms with Gasteiger partial charge in [-0.15, -0.1) is 0 Å². The van der Waals surface area contributed by atoms with E-state index in [4.69, 9.17) is 15.2 Å². The zero-order valence-electron chi connectivity index (χ0n) is 17.0. The molecule has 0 bridgehead atoms. The molecule has 0 spiro atoms. The Balaban J connectivity index is 1.72. The number of urea groups is 1. The summed E-state index contributed by atoms with van der Waals surface area (Å²) < 4.78 is 11.6. The Hall–Kier alpha value is -3.28. The summed E-state index contributed by atoms with van der Waals surface area (Å²) in [5.41, 5.74) is 2.75.